The van der Waals surface area contributed by atoms with Gasteiger partial charge in [-0.15, -0.1) is 0 Å². The van der Waals surface area contributed by atoms with Crippen LogP contribution in [0.5, 0.6) is 0 Å². The zero-order chi connectivity index (χ0) is 15.1. The van der Waals surface area contributed by atoms with Crippen LogP contribution >= 0.6 is 0 Å². The lowest BCUT2D eigenvalue weighted by Crippen LogP contribution is -2.39. The highest BCUT2D eigenvalue weighted by Crippen LogP contribution is 2.32. The van der Waals surface area contributed by atoms with E-state index < -0.39 is 16.1 Å². The number of aliphatic hydroxyl groups excluding tert-OH is 1. The van der Waals surface area contributed by atoms with Crippen LogP contribution in [-0.2, 0) is 14.8 Å². The fourth-order valence-electron chi connectivity index (χ4n) is 2.21. The highest BCUT2D eigenvalue weighted by molar-refractivity contribution is 7.89. The van der Waals surface area contributed by atoms with Crippen LogP contribution in [0.15, 0.2) is 29.2 Å². The van der Waals surface area contributed by atoms with Gasteiger partial charge in [0.15, 0.2) is 0 Å². The van der Waals surface area contributed by atoms with E-state index in [0.717, 1.165) is 5.56 Å². The number of rotatable bonds is 5. The molecular weight excluding hydrogens is 278 g/mol. The lowest BCUT2D eigenvalue weighted by atomic mass is 10.1. The Labute approximate surface area is 120 Å². The Balaban J connectivity index is 2.15. The Morgan fingerprint density at radius 2 is 1.75 bits per heavy atom. The predicted molar refractivity (Wildman–Crippen MR) is 75.9 cm³/mol. The maximum absolute atomic E-state index is 12.5. The molecule has 2 rings (SSSR count). The average molecular weight is 299 g/mol. The number of ether oxygens (including phenoxy) is 1. The number of hydrogen-bond donors (Lipinski definition) is 1. The Kier molecular flexibility index (Phi) is 4.20. The lowest BCUT2D eigenvalue weighted by Gasteiger charge is -2.23. The van der Waals surface area contributed by atoms with E-state index in [2.05, 4.69) is 0 Å². The molecule has 112 valence electrons. The summed E-state index contributed by atoms with van der Waals surface area (Å²) in [6, 6.07) is 6.44. The van der Waals surface area contributed by atoms with Gasteiger partial charge in [0, 0.05) is 7.05 Å². The maximum Gasteiger partial charge on any atom is 0.243 e. The van der Waals surface area contributed by atoms with Gasteiger partial charge in [0.25, 0.3) is 0 Å². The molecule has 4 atom stereocenters. The summed E-state index contributed by atoms with van der Waals surface area (Å²) in [7, 11) is -2.00. The van der Waals surface area contributed by atoms with Crippen LogP contribution in [0.2, 0.25) is 0 Å². The minimum absolute atomic E-state index is 0.250. The molecule has 1 N–H and O–H groups in total. The van der Waals surface area contributed by atoms with Crippen molar-refractivity contribution in [2.75, 3.05) is 7.05 Å². The van der Waals surface area contributed by atoms with Gasteiger partial charge in [0.2, 0.25) is 10.0 Å². The van der Waals surface area contributed by atoms with Gasteiger partial charge < -0.3 is 9.84 Å². The third-order valence-electron chi connectivity index (χ3n) is 3.78. The van der Waals surface area contributed by atoms with E-state index in [9.17, 15) is 13.5 Å². The molecule has 1 aromatic carbocycles. The normalized spacial score (nSPS) is 25.5. The van der Waals surface area contributed by atoms with Gasteiger partial charge in [-0.1, -0.05) is 17.7 Å². The molecule has 0 spiro atoms. The van der Waals surface area contributed by atoms with E-state index in [1.54, 1.807) is 45.2 Å². The van der Waals surface area contributed by atoms with E-state index in [0.29, 0.717) is 0 Å². The Morgan fingerprint density at radius 3 is 2.20 bits per heavy atom. The fourth-order valence-corrected chi connectivity index (χ4v) is 3.59. The van der Waals surface area contributed by atoms with Crippen molar-refractivity contribution in [1.82, 2.24) is 4.31 Å². The second-order valence-corrected chi connectivity index (χ2v) is 7.38. The first kappa shape index (κ1) is 15.4. The molecule has 20 heavy (non-hydrogen) atoms. The smallest absolute Gasteiger partial charge is 0.243 e. The van der Waals surface area contributed by atoms with Gasteiger partial charge in [0.05, 0.1) is 17.0 Å². The number of sulfonamides is 1. The minimum Gasteiger partial charge on any atom is -0.391 e. The third-order valence-corrected chi connectivity index (χ3v) is 5.74. The summed E-state index contributed by atoms with van der Waals surface area (Å²) >= 11 is 0. The fraction of sp³-hybridized carbons (Fsp3) is 0.571. The summed E-state index contributed by atoms with van der Waals surface area (Å²) in [5.41, 5.74) is 1.01. The van der Waals surface area contributed by atoms with Gasteiger partial charge in [-0.05, 0) is 32.9 Å². The van der Waals surface area contributed by atoms with E-state index in [1.165, 1.54) is 4.31 Å². The second-order valence-electron chi connectivity index (χ2n) is 5.38. The summed E-state index contributed by atoms with van der Waals surface area (Å²) in [5.74, 6) is 0. The van der Waals surface area contributed by atoms with Crippen LogP contribution in [0.1, 0.15) is 19.4 Å². The maximum atomic E-state index is 12.5. The van der Waals surface area contributed by atoms with E-state index in [1.807, 2.05) is 6.92 Å². The molecular formula is C14H21NO4S. The number of nitrogens with zero attached hydrogens (tertiary/aromatic N) is 1. The first-order valence-corrected chi connectivity index (χ1v) is 8.07. The molecule has 1 aliphatic rings. The Morgan fingerprint density at radius 1 is 1.20 bits per heavy atom. The van der Waals surface area contributed by atoms with Gasteiger partial charge in [-0.25, -0.2) is 8.42 Å². The Hall–Kier alpha value is -0.950. The highest BCUT2D eigenvalue weighted by atomic mass is 32.2. The summed E-state index contributed by atoms with van der Waals surface area (Å²) in [6.07, 6.45) is -1.11. The molecule has 1 heterocycles. The number of hydrogen-bond acceptors (Lipinski definition) is 4. The summed E-state index contributed by atoms with van der Waals surface area (Å²) in [5, 5.41) is 9.45. The largest absolute Gasteiger partial charge is 0.391 e. The van der Waals surface area contributed by atoms with Crippen molar-refractivity contribution in [3.05, 3.63) is 29.8 Å². The zero-order valence-corrected chi connectivity index (χ0v) is 13.0. The molecule has 1 aliphatic heterocycles. The monoisotopic (exact) mass is 299 g/mol. The van der Waals surface area contributed by atoms with Gasteiger partial charge in [-0.3, -0.25) is 0 Å². The summed E-state index contributed by atoms with van der Waals surface area (Å²) in [6.45, 7) is 5.35. The molecule has 5 nitrogen and oxygen atoms in total. The van der Waals surface area contributed by atoms with Crippen LogP contribution in [0.3, 0.4) is 0 Å². The number of aryl methyl sites for hydroxylation is 1. The molecule has 0 aliphatic carbocycles. The van der Waals surface area contributed by atoms with Gasteiger partial charge >= 0.3 is 0 Å². The standard InChI is InChI=1S/C14H21NO4S/c1-9-5-7-12(8-6-9)20(17,18)15(4)10(2)13-14(19-13)11(3)16/h5-8,10-11,13-14,16H,1-4H3/t10-,11+,13+,14+/m1/s1. The third kappa shape index (κ3) is 2.88. The zero-order valence-electron chi connectivity index (χ0n) is 12.1. The van der Waals surface area contributed by atoms with Crippen LogP contribution in [-0.4, -0.2) is 49.2 Å². The molecule has 6 heteroatoms. The van der Waals surface area contributed by atoms with Crippen molar-refractivity contribution in [1.29, 1.82) is 0 Å². The predicted octanol–water partition coefficient (Wildman–Crippen LogP) is 1.15. The number of epoxide rings is 1. The van der Waals surface area contributed by atoms with Crippen LogP contribution in [0.4, 0.5) is 0 Å². The molecule has 0 radical (unpaired) electrons. The topological polar surface area (TPSA) is 70.1 Å². The van der Waals surface area contributed by atoms with Crippen molar-refractivity contribution in [3.63, 3.8) is 0 Å². The van der Waals surface area contributed by atoms with Crippen LogP contribution < -0.4 is 0 Å². The molecule has 1 aromatic rings. The molecule has 1 fully saturated rings. The molecule has 0 bridgehead atoms. The van der Waals surface area contributed by atoms with Crippen molar-refractivity contribution in [3.8, 4) is 0 Å². The van der Waals surface area contributed by atoms with E-state index in [-0.39, 0.29) is 23.1 Å². The SMILES string of the molecule is Cc1ccc(S(=O)(=O)N(C)[C@H](C)[C@@H]2O[C@H]2[C@H](C)O)cc1. The van der Waals surface area contributed by atoms with Crippen molar-refractivity contribution in [2.24, 2.45) is 0 Å². The van der Waals surface area contributed by atoms with E-state index in [4.69, 9.17) is 4.74 Å². The van der Waals surface area contributed by atoms with Crippen molar-refractivity contribution >= 4 is 10.0 Å². The number of aliphatic hydroxyl groups is 1. The van der Waals surface area contributed by atoms with Crippen molar-refractivity contribution < 1.29 is 18.3 Å². The Bertz CT molecular complexity index is 567. The molecule has 1 saturated heterocycles. The van der Waals surface area contributed by atoms with Gasteiger partial charge in [0.1, 0.15) is 12.2 Å². The van der Waals surface area contributed by atoms with Crippen molar-refractivity contribution in [2.45, 2.75) is 50.0 Å². The number of likely N-dealkylation sites (N-methyl/N-ethyl adjacent to an activating group) is 1. The molecule has 0 saturated carbocycles. The molecule has 0 unspecified atom stereocenters. The second kappa shape index (κ2) is 5.44. The lowest BCUT2D eigenvalue weighted by molar-refractivity contribution is 0.152. The van der Waals surface area contributed by atoms with E-state index >= 15 is 0 Å². The summed E-state index contributed by atoms with van der Waals surface area (Å²) < 4.78 is 31.7. The van der Waals surface area contributed by atoms with Crippen LogP contribution in [0, 0.1) is 6.92 Å². The number of benzene rings is 1. The average Bonchev–Trinajstić information content (AvgIpc) is 3.17. The quantitative estimate of drug-likeness (QED) is 0.828. The van der Waals surface area contributed by atoms with Crippen LogP contribution in [0.25, 0.3) is 0 Å². The highest BCUT2D eigenvalue weighted by Gasteiger charge is 2.49. The summed E-state index contributed by atoms with van der Waals surface area (Å²) in [4.78, 5) is 0.270. The first-order chi connectivity index (χ1) is 9.25. The van der Waals surface area contributed by atoms with Gasteiger partial charge in [-0.2, -0.15) is 4.31 Å². The molecule has 0 amide bonds. The molecule has 0 aromatic heterocycles. The first-order valence-electron chi connectivity index (χ1n) is 6.63. The minimum atomic E-state index is -3.54.